The number of methoxy groups -OCH3 is 2. The number of halogens is 2. The van der Waals surface area contributed by atoms with Crippen molar-refractivity contribution in [2.75, 3.05) is 14.2 Å². The van der Waals surface area contributed by atoms with Gasteiger partial charge in [-0.1, -0.05) is 0 Å². The molecule has 1 heterocycles. The van der Waals surface area contributed by atoms with Crippen LogP contribution in [0.25, 0.3) is 5.69 Å². The van der Waals surface area contributed by atoms with Crippen molar-refractivity contribution in [1.29, 1.82) is 0 Å². The molecule has 156 valence electrons. The van der Waals surface area contributed by atoms with Gasteiger partial charge in [-0.2, -0.15) is 5.10 Å². The van der Waals surface area contributed by atoms with E-state index >= 15 is 0 Å². The predicted molar refractivity (Wildman–Crippen MR) is 106 cm³/mol. The summed E-state index contributed by atoms with van der Waals surface area (Å²) in [6, 6.07) is 8.94. The molecule has 2 aromatic carbocycles. The lowest BCUT2D eigenvalue weighted by molar-refractivity contribution is 0.0944. The van der Waals surface area contributed by atoms with E-state index in [1.54, 1.807) is 32.4 Å². The molecule has 0 bridgehead atoms. The van der Waals surface area contributed by atoms with Crippen LogP contribution in [-0.4, -0.2) is 29.9 Å². The van der Waals surface area contributed by atoms with E-state index in [4.69, 9.17) is 9.47 Å². The van der Waals surface area contributed by atoms with Crippen LogP contribution < -0.4 is 14.8 Å². The maximum atomic E-state index is 13.7. The van der Waals surface area contributed by atoms with Gasteiger partial charge in [0.2, 0.25) is 0 Å². The Kier molecular flexibility index (Phi) is 5.39. The van der Waals surface area contributed by atoms with E-state index in [9.17, 15) is 13.6 Å². The number of carbonyl (C=O) groups is 1. The molecule has 8 heteroatoms. The molecule has 4 rings (SSSR count). The number of rotatable bonds is 6. The van der Waals surface area contributed by atoms with Crippen molar-refractivity contribution in [2.45, 2.75) is 25.8 Å². The van der Waals surface area contributed by atoms with Crippen molar-refractivity contribution in [2.24, 2.45) is 0 Å². The summed E-state index contributed by atoms with van der Waals surface area (Å²) in [7, 11) is 3.13. The summed E-state index contributed by atoms with van der Waals surface area (Å²) < 4.78 is 39.1. The number of nitrogens with one attached hydrogen (secondary N) is 1. The first-order valence-electron chi connectivity index (χ1n) is 9.57. The fourth-order valence-electron chi connectivity index (χ4n) is 3.73. The Morgan fingerprint density at radius 3 is 2.67 bits per heavy atom. The zero-order valence-electron chi connectivity index (χ0n) is 16.7. The summed E-state index contributed by atoms with van der Waals surface area (Å²) in [6.45, 7) is 0.228. The topological polar surface area (TPSA) is 65.4 Å². The summed E-state index contributed by atoms with van der Waals surface area (Å²) in [5, 5.41) is 7.29. The molecule has 1 aliphatic rings. The molecule has 3 aromatic rings. The number of nitrogens with zero attached hydrogens (tertiary/aromatic N) is 2. The standard InChI is InChI=1S/C22H21F2N3O3/c1-29-15-7-9-20(30-2)13(10-15)12-25-22(28)21-16-4-3-5-19(16)27(26-21)14-6-8-17(23)18(24)11-14/h6-11H,3-5,12H2,1-2H3,(H,25,28). The fourth-order valence-corrected chi connectivity index (χ4v) is 3.73. The van der Waals surface area contributed by atoms with E-state index in [1.165, 1.54) is 10.7 Å². The highest BCUT2D eigenvalue weighted by Gasteiger charge is 2.27. The summed E-state index contributed by atoms with van der Waals surface area (Å²) in [5.41, 5.74) is 3.15. The van der Waals surface area contributed by atoms with Crippen LogP contribution in [0.1, 0.15) is 33.7 Å². The van der Waals surface area contributed by atoms with Crippen LogP contribution in [0.5, 0.6) is 11.5 Å². The Bertz CT molecular complexity index is 1110. The number of aromatic nitrogens is 2. The zero-order valence-corrected chi connectivity index (χ0v) is 16.7. The molecule has 0 saturated carbocycles. The molecule has 30 heavy (non-hydrogen) atoms. The average molecular weight is 413 g/mol. The first kappa shape index (κ1) is 19.9. The smallest absolute Gasteiger partial charge is 0.272 e. The number of fused-ring (bicyclic) bond motifs is 1. The average Bonchev–Trinajstić information content (AvgIpc) is 3.36. The lowest BCUT2D eigenvalue weighted by Gasteiger charge is -2.11. The third-order valence-corrected chi connectivity index (χ3v) is 5.22. The molecule has 0 fully saturated rings. The summed E-state index contributed by atoms with van der Waals surface area (Å²) >= 11 is 0. The minimum absolute atomic E-state index is 0.228. The van der Waals surface area contributed by atoms with Gasteiger partial charge in [0.05, 0.1) is 19.9 Å². The first-order chi connectivity index (χ1) is 14.5. The number of carbonyl (C=O) groups excluding carboxylic acids is 1. The van der Waals surface area contributed by atoms with Crippen molar-refractivity contribution >= 4 is 5.91 Å². The van der Waals surface area contributed by atoms with Gasteiger partial charge in [0.25, 0.3) is 5.91 Å². The highest BCUT2D eigenvalue weighted by molar-refractivity contribution is 5.94. The lowest BCUT2D eigenvalue weighted by atomic mass is 10.1. The van der Waals surface area contributed by atoms with Crippen LogP contribution in [0.2, 0.25) is 0 Å². The molecule has 0 atom stereocenters. The fraction of sp³-hybridized carbons (Fsp3) is 0.273. The van der Waals surface area contributed by atoms with Gasteiger partial charge in [-0.05, 0) is 49.6 Å². The zero-order chi connectivity index (χ0) is 21.3. The van der Waals surface area contributed by atoms with Gasteiger partial charge in [0.1, 0.15) is 11.5 Å². The van der Waals surface area contributed by atoms with Crippen LogP contribution in [0.15, 0.2) is 36.4 Å². The number of hydrogen-bond donors (Lipinski definition) is 1. The van der Waals surface area contributed by atoms with Crippen LogP contribution in [0, 0.1) is 11.6 Å². The number of ether oxygens (including phenoxy) is 2. The SMILES string of the molecule is COc1ccc(OC)c(CNC(=O)c2nn(-c3ccc(F)c(F)c3)c3c2CCC3)c1. The van der Waals surface area contributed by atoms with Crippen molar-refractivity contribution in [1.82, 2.24) is 15.1 Å². The van der Waals surface area contributed by atoms with Gasteiger partial charge in [-0.25, -0.2) is 13.5 Å². The van der Waals surface area contributed by atoms with E-state index < -0.39 is 11.6 Å². The molecule has 1 N–H and O–H groups in total. The molecule has 6 nitrogen and oxygen atoms in total. The van der Waals surface area contributed by atoms with E-state index in [2.05, 4.69) is 10.4 Å². The van der Waals surface area contributed by atoms with E-state index in [-0.39, 0.29) is 12.5 Å². The van der Waals surface area contributed by atoms with Crippen molar-refractivity contribution in [3.63, 3.8) is 0 Å². The van der Waals surface area contributed by atoms with Crippen molar-refractivity contribution in [3.05, 3.63) is 70.5 Å². The molecule has 0 spiro atoms. The van der Waals surface area contributed by atoms with E-state index in [0.717, 1.165) is 41.8 Å². The molecule has 1 aromatic heterocycles. The molecule has 0 unspecified atom stereocenters. The summed E-state index contributed by atoms with van der Waals surface area (Å²) in [4.78, 5) is 12.9. The van der Waals surface area contributed by atoms with Crippen LogP contribution in [-0.2, 0) is 19.4 Å². The Morgan fingerprint density at radius 1 is 1.10 bits per heavy atom. The molecular formula is C22H21F2N3O3. The molecule has 1 aliphatic carbocycles. The second-order valence-electron chi connectivity index (χ2n) is 7.00. The first-order valence-corrected chi connectivity index (χ1v) is 9.57. The minimum Gasteiger partial charge on any atom is -0.497 e. The third-order valence-electron chi connectivity index (χ3n) is 5.22. The molecule has 1 amide bonds. The maximum absolute atomic E-state index is 13.7. The molecule has 0 radical (unpaired) electrons. The summed E-state index contributed by atoms with van der Waals surface area (Å²) in [6.07, 6.45) is 2.31. The van der Waals surface area contributed by atoms with Gasteiger partial charge in [-0.3, -0.25) is 4.79 Å². The Morgan fingerprint density at radius 2 is 1.93 bits per heavy atom. The van der Waals surface area contributed by atoms with Crippen molar-refractivity contribution < 1.29 is 23.0 Å². The lowest BCUT2D eigenvalue weighted by Crippen LogP contribution is -2.24. The molecule has 0 aliphatic heterocycles. The summed E-state index contributed by atoms with van der Waals surface area (Å²) in [5.74, 6) is -0.921. The van der Waals surface area contributed by atoms with E-state index in [0.29, 0.717) is 29.3 Å². The third kappa shape index (κ3) is 3.60. The van der Waals surface area contributed by atoms with Gasteiger partial charge < -0.3 is 14.8 Å². The Hall–Kier alpha value is -3.42. The quantitative estimate of drug-likeness (QED) is 0.671. The second-order valence-corrected chi connectivity index (χ2v) is 7.00. The number of amides is 1. The highest BCUT2D eigenvalue weighted by atomic mass is 19.2. The Balaban J connectivity index is 1.60. The molecular weight excluding hydrogens is 392 g/mol. The van der Waals surface area contributed by atoms with Gasteiger partial charge >= 0.3 is 0 Å². The molecule has 0 saturated heterocycles. The highest BCUT2D eigenvalue weighted by Crippen LogP contribution is 2.29. The van der Waals surface area contributed by atoms with Crippen LogP contribution in [0.4, 0.5) is 8.78 Å². The van der Waals surface area contributed by atoms with Gasteiger partial charge in [-0.15, -0.1) is 0 Å². The normalized spacial score (nSPS) is 12.5. The Labute approximate surface area is 172 Å². The van der Waals surface area contributed by atoms with E-state index in [1.807, 2.05) is 0 Å². The van der Waals surface area contributed by atoms with Crippen LogP contribution >= 0.6 is 0 Å². The number of benzene rings is 2. The number of hydrogen-bond acceptors (Lipinski definition) is 4. The predicted octanol–water partition coefficient (Wildman–Crippen LogP) is 3.59. The van der Waals surface area contributed by atoms with Gasteiger partial charge in [0.15, 0.2) is 17.3 Å². The second kappa shape index (κ2) is 8.14. The maximum Gasteiger partial charge on any atom is 0.272 e. The van der Waals surface area contributed by atoms with Crippen molar-refractivity contribution in [3.8, 4) is 17.2 Å². The largest absolute Gasteiger partial charge is 0.497 e. The van der Waals surface area contributed by atoms with Crippen LogP contribution in [0.3, 0.4) is 0 Å². The minimum atomic E-state index is -0.953. The monoisotopic (exact) mass is 413 g/mol. The van der Waals surface area contributed by atoms with Gasteiger partial charge in [0, 0.05) is 29.4 Å².